The molecular weight excluding hydrogens is 291 g/mol. The number of carbonyl (C=O) groups is 1. The number of hydrogen-bond acceptors (Lipinski definition) is 2. The van der Waals surface area contributed by atoms with Crippen molar-refractivity contribution >= 4 is 20.3 Å². The van der Waals surface area contributed by atoms with Crippen molar-refractivity contribution in [3.63, 3.8) is 0 Å². The summed E-state index contributed by atoms with van der Waals surface area (Å²) < 4.78 is 7.02. The Hall–Kier alpha value is -1.75. The zero-order valence-corrected chi connectivity index (χ0v) is 11.9. The molecule has 2 nitrogen and oxygen atoms in total. The van der Waals surface area contributed by atoms with Crippen molar-refractivity contribution in [2.45, 2.75) is 6.92 Å². The van der Waals surface area contributed by atoms with E-state index in [1.807, 2.05) is 36.4 Å². The summed E-state index contributed by atoms with van der Waals surface area (Å²) in [6.07, 6.45) is 0. The van der Waals surface area contributed by atoms with E-state index in [9.17, 15) is 4.79 Å². The van der Waals surface area contributed by atoms with Gasteiger partial charge in [-0.2, -0.15) is 0 Å². The van der Waals surface area contributed by atoms with E-state index in [4.69, 9.17) is 4.74 Å². The second kappa shape index (κ2) is 5.73. The predicted molar refractivity (Wildman–Crippen MR) is 72.4 cm³/mol. The zero-order valence-electron chi connectivity index (χ0n) is 10.2. The first-order valence-electron chi connectivity index (χ1n) is 5.46. The normalized spacial score (nSPS) is 9.44. The van der Waals surface area contributed by atoms with Crippen LogP contribution in [0.5, 0.6) is 5.75 Å². The Labute approximate surface area is 112 Å². The summed E-state index contributed by atoms with van der Waals surface area (Å²) >= 11 is 0.0747. The molecule has 0 aliphatic heterocycles. The first kappa shape index (κ1) is 12.7. The van der Waals surface area contributed by atoms with Crippen LogP contribution >= 0.6 is 0 Å². The van der Waals surface area contributed by atoms with E-state index >= 15 is 0 Å². The van der Waals surface area contributed by atoms with Gasteiger partial charge in [-0.1, -0.05) is 0 Å². The molecule has 0 amide bonds. The number of ether oxygens (including phenoxy) is 1. The van der Waals surface area contributed by atoms with E-state index in [1.165, 1.54) is 0 Å². The summed E-state index contributed by atoms with van der Waals surface area (Å²) in [4.78, 5) is 11.2. The quantitative estimate of drug-likeness (QED) is 0.484. The molecule has 1 aromatic heterocycles. The standard InChI is InChI=1S/C15H12O2Se/c1-11(16)15-10-9-14(18-15)8-5-12-3-6-13(17-2)7-4-12/h3-4,6-7,9-10H,1-2H3. The SMILES string of the molecule is COc1ccc(C#Cc2ccc(C(C)=O)[se]2)cc1. The molecule has 18 heavy (non-hydrogen) atoms. The molecule has 0 spiro atoms. The number of rotatable bonds is 2. The molecule has 0 unspecified atom stereocenters. The van der Waals surface area contributed by atoms with Gasteiger partial charge >= 0.3 is 112 Å². The first-order chi connectivity index (χ1) is 8.69. The molecule has 3 heteroatoms. The fraction of sp³-hybridized carbons (Fsp3) is 0.133. The summed E-state index contributed by atoms with van der Waals surface area (Å²) in [6.45, 7) is 1.60. The van der Waals surface area contributed by atoms with Gasteiger partial charge in [-0.25, -0.2) is 0 Å². The molecule has 0 N–H and O–H groups in total. The summed E-state index contributed by atoms with van der Waals surface area (Å²) in [6, 6.07) is 11.4. The third kappa shape index (κ3) is 3.13. The van der Waals surface area contributed by atoms with E-state index in [1.54, 1.807) is 14.0 Å². The van der Waals surface area contributed by atoms with E-state index in [-0.39, 0.29) is 20.3 Å². The number of carbonyl (C=O) groups excluding carboxylic acids is 1. The molecule has 0 saturated heterocycles. The number of hydrogen-bond donors (Lipinski definition) is 0. The van der Waals surface area contributed by atoms with E-state index in [0.717, 1.165) is 20.2 Å². The van der Waals surface area contributed by atoms with E-state index in [0.29, 0.717) is 0 Å². The predicted octanol–water partition coefficient (Wildman–Crippen LogP) is 2.35. The third-order valence-corrected chi connectivity index (χ3v) is 4.68. The molecular formula is C15H12O2Se. The van der Waals surface area contributed by atoms with Gasteiger partial charge in [0.2, 0.25) is 0 Å². The number of ketones is 1. The van der Waals surface area contributed by atoms with Crippen LogP contribution in [-0.4, -0.2) is 27.4 Å². The van der Waals surface area contributed by atoms with Crippen LogP contribution in [0.15, 0.2) is 36.4 Å². The second-order valence-corrected chi connectivity index (χ2v) is 5.97. The molecule has 1 aromatic carbocycles. The monoisotopic (exact) mass is 304 g/mol. The van der Waals surface area contributed by atoms with Gasteiger partial charge in [0.05, 0.1) is 0 Å². The molecule has 0 bridgehead atoms. The molecule has 1 heterocycles. The van der Waals surface area contributed by atoms with Crippen molar-refractivity contribution in [1.82, 2.24) is 0 Å². The second-order valence-electron chi connectivity index (χ2n) is 3.70. The van der Waals surface area contributed by atoms with E-state index in [2.05, 4.69) is 11.8 Å². The van der Waals surface area contributed by atoms with Gasteiger partial charge in [0.15, 0.2) is 0 Å². The topological polar surface area (TPSA) is 26.3 Å². The Morgan fingerprint density at radius 2 is 1.83 bits per heavy atom. The summed E-state index contributed by atoms with van der Waals surface area (Å²) in [5, 5.41) is 0. The van der Waals surface area contributed by atoms with Crippen molar-refractivity contribution in [3.8, 4) is 17.6 Å². The molecule has 0 saturated carbocycles. The van der Waals surface area contributed by atoms with Gasteiger partial charge in [0, 0.05) is 0 Å². The van der Waals surface area contributed by atoms with Gasteiger partial charge in [0.1, 0.15) is 0 Å². The number of methoxy groups -OCH3 is 1. The molecule has 2 rings (SSSR count). The van der Waals surface area contributed by atoms with Gasteiger partial charge in [-0.15, -0.1) is 0 Å². The Balaban J connectivity index is 2.17. The minimum atomic E-state index is 0.0747. The van der Waals surface area contributed by atoms with Crippen LogP contribution in [0.4, 0.5) is 0 Å². The third-order valence-electron chi connectivity index (χ3n) is 2.37. The van der Waals surface area contributed by atoms with E-state index < -0.39 is 0 Å². The van der Waals surface area contributed by atoms with Crippen molar-refractivity contribution < 1.29 is 9.53 Å². The molecule has 2 aromatic rings. The maximum absolute atomic E-state index is 11.2. The fourth-order valence-corrected chi connectivity index (χ4v) is 2.99. The maximum atomic E-state index is 11.2. The van der Waals surface area contributed by atoms with Crippen LogP contribution in [0.25, 0.3) is 0 Å². The zero-order chi connectivity index (χ0) is 13.0. The first-order valence-corrected chi connectivity index (χ1v) is 7.17. The number of benzene rings is 1. The van der Waals surface area contributed by atoms with Crippen LogP contribution in [0.1, 0.15) is 26.2 Å². The summed E-state index contributed by atoms with van der Waals surface area (Å²) in [7, 11) is 1.64. The van der Waals surface area contributed by atoms with Gasteiger partial charge < -0.3 is 0 Å². The molecule has 0 aliphatic rings. The van der Waals surface area contributed by atoms with Crippen LogP contribution in [0.2, 0.25) is 0 Å². The van der Waals surface area contributed by atoms with Crippen LogP contribution in [-0.2, 0) is 0 Å². The van der Waals surface area contributed by atoms with Crippen molar-refractivity contribution in [1.29, 1.82) is 0 Å². The molecule has 0 atom stereocenters. The molecule has 0 fully saturated rings. The minimum absolute atomic E-state index is 0.0747. The Kier molecular flexibility index (Phi) is 4.04. The van der Waals surface area contributed by atoms with Crippen LogP contribution < -0.4 is 4.74 Å². The fourth-order valence-electron chi connectivity index (χ4n) is 1.40. The molecule has 90 valence electrons. The molecule has 0 aliphatic carbocycles. The van der Waals surface area contributed by atoms with Crippen molar-refractivity contribution in [2.24, 2.45) is 0 Å². The Morgan fingerprint density at radius 3 is 2.39 bits per heavy atom. The van der Waals surface area contributed by atoms with Crippen molar-refractivity contribution in [3.05, 3.63) is 50.8 Å². The van der Waals surface area contributed by atoms with Gasteiger partial charge in [-0.05, 0) is 0 Å². The number of Topliss-reactive ketones (excluding diaryl/α,β-unsaturated/α-hetero) is 1. The van der Waals surface area contributed by atoms with Crippen molar-refractivity contribution in [2.75, 3.05) is 7.11 Å². The summed E-state index contributed by atoms with van der Waals surface area (Å²) in [5.74, 6) is 7.18. The van der Waals surface area contributed by atoms with Crippen LogP contribution in [0, 0.1) is 11.8 Å². The Bertz CT molecular complexity index is 612. The average Bonchev–Trinajstić information content (AvgIpc) is 2.86. The average molecular weight is 303 g/mol. The molecule has 0 radical (unpaired) electrons. The van der Waals surface area contributed by atoms with Gasteiger partial charge in [0.25, 0.3) is 0 Å². The summed E-state index contributed by atoms with van der Waals surface area (Å²) in [5.41, 5.74) is 0.948. The Morgan fingerprint density at radius 1 is 1.11 bits per heavy atom. The van der Waals surface area contributed by atoms with Gasteiger partial charge in [-0.3, -0.25) is 0 Å². The van der Waals surface area contributed by atoms with Crippen LogP contribution in [0.3, 0.4) is 0 Å².